The molecule has 0 aromatic rings. The van der Waals surface area contributed by atoms with Gasteiger partial charge in [-0.3, -0.25) is 0 Å². The van der Waals surface area contributed by atoms with Crippen molar-refractivity contribution in [2.24, 2.45) is 29.1 Å². The Morgan fingerprint density at radius 1 is 1.03 bits per heavy atom. The largest absolute Gasteiger partial charge is 0.393 e. The minimum Gasteiger partial charge on any atom is -0.393 e. The second kappa shape index (κ2) is 9.10. The van der Waals surface area contributed by atoms with Gasteiger partial charge in [0.1, 0.15) is 0 Å². The maximum atomic E-state index is 10.2. The molecule has 0 radical (unpaired) electrons. The lowest BCUT2D eigenvalue weighted by Crippen LogP contribution is -2.35. The topological polar surface area (TPSA) is 40.5 Å². The Bertz CT molecular complexity index is 650. The quantitative estimate of drug-likeness (QED) is 0.511. The molecule has 3 aliphatic rings. The molecule has 29 heavy (non-hydrogen) atoms. The van der Waals surface area contributed by atoms with Crippen LogP contribution in [0.3, 0.4) is 0 Å². The molecule has 3 fully saturated rings. The predicted molar refractivity (Wildman–Crippen MR) is 123 cm³/mol. The maximum Gasteiger partial charge on any atom is 0.0651 e. The normalized spacial score (nSPS) is 38.5. The molecule has 2 nitrogen and oxygen atoms in total. The van der Waals surface area contributed by atoms with E-state index in [1.807, 2.05) is 13.8 Å². The number of allylic oxidation sites excluding steroid dienone is 4. The molecule has 2 heteroatoms. The van der Waals surface area contributed by atoms with Crippen LogP contribution >= 0.6 is 0 Å². The molecule has 6 atom stereocenters. The maximum absolute atomic E-state index is 10.2. The Labute approximate surface area is 179 Å². The van der Waals surface area contributed by atoms with Gasteiger partial charge in [0, 0.05) is 5.92 Å². The molecule has 0 bridgehead atoms. The second-order valence-electron chi connectivity index (χ2n) is 11.1. The zero-order valence-electron chi connectivity index (χ0n) is 19.5. The Hall–Kier alpha value is -0.860. The number of rotatable bonds is 5. The Balaban J connectivity index is 1.72. The molecule has 0 saturated heterocycles. The molecule has 2 N–H and O–H groups in total. The Morgan fingerprint density at radius 2 is 1.79 bits per heavy atom. The highest BCUT2D eigenvalue weighted by molar-refractivity contribution is 5.26. The van der Waals surface area contributed by atoms with E-state index in [-0.39, 0.29) is 12.0 Å². The van der Waals surface area contributed by atoms with E-state index >= 15 is 0 Å². The predicted octanol–water partition coefficient (Wildman–Crippen LogP) is 6.59. The molecule has 2 unspecified atom stereocenters. The second-order valence-corrected chi connectivity index (χ2v) is 11.1. The van der Waals surface area contributed by atoms with Crippen LogP contribution in [-0.2, 0) is 0 Å². The van der Waals surface area contributed by atoms with E-state index in [0.29, 0.717) is 17.3 Å². The van der Waals surface area contributed by atoms with Crippen molar-refractivity contribution < 1.29 is 10.2 Å². The highest BCUT2D eigenvalue weighted by Crippen LogP contribution is 2.59. The zero-order valence-corrected chi connectivity index (χ0v) is 19.5. The lowest BCUT2D eigenvalue weighted by atomic mass is 9.61. The van der Waals surface area contributed by atoms with Gasteiger partial charge < -0.3 is 10.2 Å². The van der Waals surface area contributed by atoms with Crippen molar-refractivity contribution in [1.82, 2.24) is 0 Å². The number of aliphatic hydroxyl groups excluding tert-OH is 1. The van der Waals surface area contributed by atoms with Crippen molar-refractivity contribution in [1.29, 1.82) is 0 Å². The van der Waals surface area contributed by atoms with Crippen LogP contribution in [0.2, 0.25) is 0 Å². The van der Waals surface area contributed by atoms with Gasteiger partial charge in [-0.25, -0.2) is 0 Å². The minimum absolute atomic E-state index is 0.125. The van der Waals surface area contributed by atoms with Gasteiger partial charge in [-0.2, -0.15) is 0 Å². The van der Waals surface area contributed by atoms with Crippen LogP contribution in [0, 0.1) is 29.1 Å². The summed E-state index contributed by atoms with van der Waals surface area (Å²) in [5, 5.41) is 20.2. The van der Waals surface area contributed by atoms with Crippen molar-refractivity contribution in [3.05, 3.63) is 35.5 Å². The smallest absolute Gasteiger partial charge is 0.0651 e. The summed E-state index contributed by atoms with van der Waals surface area (Å²) < 4.78 is 0. The van der Waals surface area contributed by atoms with E-state index in [1.54, 1.807) is 5.57 Å². The highest BCUT2D eigenvalue weighted by atomic mass is 16.3. The molecule has 3 aliphatic carbocycles. The van der Waals surface area contributed by atoms with E-state index in [0.717, 1.165) is 31.6 Å². The van der Waals surface area contributed by atoms with Crippen molar-refractivity contribution in [3.8, 4) is 0 Å². The van der Waals surface area contributed by atoms with Crippen molar-refractivity contribution >= 4 is 0 Å². The monoisotopic (exact) mass is 400 g/mol. The van der Waals surface area contributed by atoms with Gasteiger partial charge >= 0.3 is 0 Å². The van der Waals surface area contributed by atoms with Gasteiger partial charge in [-0.15, -0.1) is 0 Å². The third kappa shape index (κ3) is 5.25. The van der Waals surface area contributed by atoms with Gasteiger partial charge in [-0.05, 0) is 94.8 Å². The lowest BCUT2D eigenvalue weighted by Gasteiger charge is -2.44. The molecule has 164 valence electrons. The molecule has 0 aliphatic heterocycles. The fraction of sp³-hybridized carbons (Fsp3) is 0.778. The summed E-state index contributed by atoms with van der Waals surface area (Å²) >= 11 is 0. The van der Waals surface area contributed by atoms with Gasteiger partial charge in [0.05, 0.1) is 11.7 Å². The third-order valence-electron chi connectivity index (χ3n) is 8.56. The molecule has 0 amide bonds. The first-order chi connectivity index (χ1) is 13.6. The van der Waals surface area contributed by atoms with Crippen LogP contribution in [0.4, 0.5) is 0 Å². The molecule has 0 spiro atoms. The van der Waals surface area contributed by atoms with Crippen molar-refractivity contribution in [2.45, 2.75) is 104 Å². The molecule has 0 aromatic carbocycles. The van der Waals surface area contributed by atoms with E-state index < -0.39 is 5.60 Å². The number of fused-ring (bicyclic) bond motifs is 1. The number of hydrogen-bond acceptors (Lipinski definition) is 2. The van der Waals surface area contributed by atoms with Crippen LogP contribution in [0.1, 0.15) is 92.4 Å². The first kappa shape index (κ1) is 22.8. The van der Waals surface area contributed by atoms with Gasteiger partial charge in [-0.1, -0.05) is 56.2 Å². The van der Waals surface area contributed by atoms with Crippen LogP contribution in [-0.4, -0.2) is 21.9 Å². The average Bonchev–Trinajstić information content (AvgIpc) is 3.01. The Kier molecular flexibility index (Phi) is 7.16. The van der Waals surface area contributed by atoms with Crippen molar-refractivity contribution in [3.63, 3.8) is 0 Å². The fourth-order valence-corrected chi connectivity index (χ4v) is 6.30. The van der Waals surface area contributed by atoms with Crippen LogP contribution in [0.25, 0.3) is 0 Å². The molecule has 3 saturated carbocycles. The summed E-state index contributed by atoms with van der Waals surface area (Å²) in [4.78, 5) is 0. The minimum atomic E-state index is -0.653. The number of hydrogen-bond donors (Lipinski definition) is 2. The van der Waals surface area contributed by atoms with Crippen LogP contribution in [0.5, 0.6) is 0 Å². The van der Waals surface area contributed by atoms with E-state index in [4.69, 9.17) is 0 Å². The first-order valence-electron chi connectivity index (χ1n) is 12.1. The first-order valence-corrected chi connectivity index (χ1v) is 12.1. The molecule has 3 rings (SSSR count). The average molecular weight is 401 g/mol. The van der Waals surface area contributed by atoms with Gasteiger partial charge in [0.25, 0.3) is 0 Å². The standard InChI is InChI=1S/C27H44O2/c1-19(11-12-20(2)26(3,4)29)24-15-16-25-22(9-7-17-27(24,25)5)14-13-21-8-6-10-23(28)18-21/h11-14,19-20,23-25,28-29H,6-10,15-18H2,1-5H3/b12-11+,21-13+,22-14+/t19?,20-,23-,24?,25-,27+/m0/s1. The van der Waals surface area contributed by atoms with Crippen molar-refractivity contribution in [2.75, 3.05) is 0 Å². The van der Waals surface area contributed by atoms with Gasteiger partial charge in [0.2, 0.25) is 0 Å². The summed E-state index contributed by atoms with van der Waals surface area (Å²) in [6.07, 6.45) is 19.9. The molecule has 0 heterocycles. The summed E-state index contributed by atoms with van der Waals surface area (Å²) in [5.41, 5.74) is 2.85. The van der Waals surface area contributed by atoms with E-state index in [1.165, 1.54) is 37.7 Å². The number of aliphatic hydroxyl groups is 2. The molecular formula is C27H44O2. The zero-order chi connectivity index (χ0) is 21.2. The lowest BCUT2D eigenvalue weighted by molar-refractivity contribution is 0.0436. The van der Waals surface area contributed by atoms with E-state index in [2.05, 4.69) is 45.1 Å². The molecule has 0 aromatic heterocycles. The summed E-state index contributed by atoms with van der Waals surface area (Å²) in [6, 6.07) is 0. The summed E-state index contributed by atoms with van der Waals surface area (Å²) in [5.74, 6) is 2.18. The van der Waals surface area contributed by atoms with E-state index in [9.17, 15) is 10.2 Å². The fourth-order valence-electron chi connectivity index (χ4n) is 6.30. The van der Waals surface area contributed by atoms with Gasteiger partial charge in [0.15, 0.2) is 0 Å². The summed E-state index contributed by atoms with van der Waals surface area (Å²) in [6.45, 7) is 10.8. The Morgan fingerprint density at radius 3 is 2.48 bits per heavy atom. The molecular weight excluding hydrogens is 356 g/mol. The highest BCUT2D eigenvalue weighted by Gasteiger charge is 2.50. The summed E-state index contributed by atoms with van der Waals surface area (Å²) in [7, 11) is 0. The SMILES string of the molecule is CC(/C=C/[C@H](C)C(C)(C)O)C1CC[C@H]2/C(=C/C=C3\CCC[C@H](O)C3)CCC[C@]12C. The van der Waals surface area contributed by atoms with Crippen LogP contribution < -0.4 is 0 Å². The third-order valence-corrected chi connectivity index (χ3v) is 8.56. The van der Waals surface area contributed by atoms with Crippen LogP contribution in [0.15, 0.2) is 35.5 Å².